The lowest BCUT2D eigenvalue weighted by atomic mass is 10.1. The highest BCUT2D eigenvalue weighted by Crippen LogP contribution is 2.03. The summed E-state index contributed by atoms with van der Waals surface area (Å²) in [5.41, 5.74) is 6.95. The first kappa shape index (κ1) is 13.4. The second-order valence-electron chi connectivity index (χ2n) is 4.20. The molecule has 0 aliphatic carbocycles. The molecule has 0 radical (unpaired) electrons. The summed E-state index contributed by atoms with van der Waals surface area (Å²) in [5.74, 6) is 1.54. The van der Waals surface area contributed by atoms with E-state index in [1.165, 1.54) is 5.56 Å². The Morgan fingerprint density at radius 1 is 1.25 bits per heavy atom. The molecule has 0 amide bonds. The van der Waals surface area contributed by atoms with Crippen LogP contribution >= 0.6 is 0 Å². The van der Waals surface area contributed by atoms with Crippen LogP contribution < -0.4 is 5.73 Å². The van der Waals surface area contributed by atoms with E-state index in [0.29, 0.717) is 0 Å². The van der Waals surface area contributed by atoms with E-state index < -0.39 is 10.8 Å². The standard InChI is InChI=1S/C13H21NOS/c1-12(14)9-11-16(15)10-5-8-13-6-3-2-4-7-13/h2-4,6-7,12H,5,8-11,14H2,1H3. The molecule has 0 bridgehead atoms. The molecule has 3 heteroatoms. The summed E-state index contributed by atoms with van der Waals surface area (Å²) < 4.78 is 11.6. The van der Waals surface area contributed by atoms with Crippen LogP contribution in [0.1, 0.15) is 25.3 Å². The van der Waals surface area contributed by atoms with Gasteiger partial charge in [0.15, 0.2) is 0 Å². The predicted octanol–water partition coefficient (Wildman–Crippen LogP) is 2.11. The van der Waals surface area contributed by atoms with Gasteiger partial charge in [0.1, 0.15) is 0 Å². The van der Waals surface area contributed by atoms with Gasteiger partial charge in [0.25, 0.3) is 0 Å². The third-order valence-electron chi connectivity index (χ3n) is 2.48. The van der Waals surface area contributed by atoms with Crippen LogP contribution in [0, 0.1) is 0 Å². The third-order valence-corrected chi connectivity index (χ3v) is 3.92. The first-order valence-corrected chi connectivity index (χ1v) is 7.32. The predicted molar refractivity (Wildman–Crippen MR) is 70.9 cm³/mol. The second kappa shape index (κ2) is 7.58. The van der Waals surface area contributed by atoms with Gasteiger partial charge in [-0.15, -0.1) is 0 Å². The Hall–Kier alpha value is -0.670. The van der Waals surface area contributed by atoms with E-state index in [-0.39, 0.29) is 6.04 Å². The van der Waals surface area contributed by atoms with Crippen molar-refractivity contribution in [2.45, 2.75) is 32.2 Å². The molecular formula is C13H21NOS. The van der Waals surface area contributed by atoms with E-state index in [1.807, 2.05) is 25.1 Å². The van der Waals surface area contributed by atoms with Gasteiger partial charge in [0, 0.05) is 28.3 Å². The highest BCUT2D eigenvalue weighted by atomic mass is 32.2. The van der Waals surface area contributed by atoms with E-state index in [4.69, 9.17) is 5.73 Å². The molecule has 1 aromatic rings. The van der Waals surface area contributed by atoms with Gasteiger partial charge in [-0.05, 0) is 31.7 Å². The number of aryl methyl sites for hydroxylation is 1. The lowest BCUT2D eigenvalue weighted by molar-refractivity contribution is 0.665. The highest BCUT2D eigenvalue weighted by molar-refractivity contribution is 7.84. The molecular weight excluding hydrogens is 218 g/mol. The number of hydrogen-bond donors (Lipinski definition) is 1. The van der Waals surface area contributed by atoms with E-state index in [9.17, 15) is 4.21 Å². The van der Waals surface area contributed by atoms with Gasteiger partial charge in [-0.3, -0.25) is 4.21 Å². The Labute approximate surface area is 101 Å². The molecule has 0 heterocycles. The summed E-state index contributed by atoms with van der Waals surface area (Å²) in [6.07, 6.45) is 2.87. The van der Waals surface area contributed by atoms with Crippen molar-refractivity contribution >= 4 is 10.8 Å². The van der Waals surface area contributed by atoms with Crippen LogP contribution in [-0.4, -0.2) is 21.8 Å². The average Bonchev–Trinajstić information content (AvgIpc) is 2.28. The Morgan fingerprint density at radius 2 is 1.94 bits per heavy atom. The monoisotopic (exact) mass is 239 g/mol. The van der Waals surface area contributed by atoms with Gasteiger partial charge >= 0.3 is 0 Å². The maximum Gasteiger partial charge on any atom is 0.0249 e. The first-order chi connectivity index (χ1) is 7.68. The quantitative estimate of drug-likeness (QED) is 0.792. The van der Waals surface area contributed by atoms with E-state index in [2.05, 4.69) is 12.1 Å². The fraction of sp³-hybridized carbons (Fsp3) is 0.538. The van der Waals surface area contributed by atoms with Gasteiger partial charge in [-0.25, -0.2) is 0 Å². The van der Waals surface area contributed by atoms with Gasteiger partial charge < -0.3 is 5.73 Å². The number of rotatable bonds is 7. The minimum absolute atomic E-state index is 0.165. The van der Waals surface area contributed by atoms with E-state index in [0.717, 1.165) is 30.8 Å². The molecule has 2 nitrogen and oxygen atoms in total. The molecule has 2 N–H and O–H groups in total. The van der Waals surface area contributed by atoms with Crippen molar-refractivity contribution < 1.29 is 4.21 Å². The Balaban J connectivity index is 2.13. The van der Waals surface area contributed by atoms with Gasteiger partial charge in [-0.1, -0.05) is 30.3 Å². The Kier molecular flexibility index (Phi) is 6.34. The zero-order valence-electron chi connectivity index (χ0n) is 9.89. The Morgan fingerprint density at radius 3 is 2.56 bits per heavy atom. The normalized spacial score (nSPS) is 14.6. The largest absolute Gasteiger partial charge is 0.328 e. The van der Waals surface area contributed by atoms with Crippen molar-refractivity contribution in [3.63, 3.8) is 0 Å². The molecule has 0 aliphatic heterocycles. The average molecular weight is 239 g/mol. The molecule has 2 atom stereocenters. The van der Waals surface area contributed by atoms with Gasteiger partial charge in [0.2, 0.25) is 0 Å². The molecule has 0 aliphatic rings. The maximum absolute atomic E-state index is 11.6. The summed E-state index contributed by atoms with van der Waals surface area (Å²) in [6, 6.07) is 10.5. The minimum Gasteiger partial charge on any atom is -0.328 e. The van der Waals surface area contributed by atoms with Crippen LogP contribution in [-0.2, 0) is 17.2 Å². The molecule has 0 fully saturated rings. The van der Waals surface area contributed by atoms with E-state index in [1.54, 1.807) is 0 Å². The van der Waals surface area contributed by atoms with Crippen molar-refractivity contribution in [1.29, 1.82) is 0 Å². The first-order valence-electron chi connectivity index (χ1n) is 5.83. The molecule has 1 aromatic carbocycles. The maximum atomic E-state index is 11.6. The molecule has 1 rings (SSSR count). The molecule has 0 spiro atoms. The number of nitrogens with two attached hydrogens (primary N) is 1. The number of benzene rings is 1. The van der Waals surface area contributed by atoms with Gasteiger partial charge in [-0.2, -0.15) is 0 Å². The van der Waals surface area contributed by atoms with Crippen LogP contribution in [0.2, 0.25) is 0 Å². The summed E-state index contributed by atoms with van der Waals surface area (Å²) in [5, 5.41) is 0. The van der Waals surface area contributed by atoms with Crippen LogP contribution in [0.15, 0.2) is 30.3 Å². The summed E-state index contributed by atoms with van der Waals surface area (Å²) in [6.45, 7) is 1.96. The zero-order valence-corrected chi connectivity index (χ0v) is 10.7. The van der Waals surface area contributed by atoms with Crippen molar-refractivity contribution in [3.05, 3.63) is 35.9 Å². The molecule has 0 saturated heterocycles. The molecule has 90 valence electrons. The number of hydrogen-bond acceptors (Lipinski definition) is 2. The lowest BCUT2D eigenvalue weighted by Crippen LogP contribution is -2.18. The van der Waals surface area contributed by atoms with Crippen LogP contribution in [0.25, 0.3) is 0 Å². The van der Waals surface area contributed by atoms with Crippen LogP contribution in [0.4, 0.5) is 0 Å². The Bertz CT molecular complexity index is 311. The lowest BCUT2D eigenvalue weighted by Gasteiger charge is -2.05. The van der Waals surface area contributed by atoms with Crippen molar-refractivity contribution in [1.82, 2.24) is 0 Å². The minimum atomic E-state index is -0.694. The van der Waals surface area contributed by atoms with Crippen molar-refractivity contribution in [2.24, 2.45) is 5.73 Å². The molecule has 2 unspecified atom stereocenters. The van der Waals surface area contributed by atoms with E-state index >= 15 is 0 Å². The molecule has 0 aromatic heterocycles. The topological polar surface area (TPSA) is 43.1 Å². The summed E-state index contributed by atoms with van der Waals surface area (Å²) in [4.78, 5) is 0. The summed E-state index contributed by atoms with van der Waals surface area (Å²) in [7, 11) is -0.694. The molecule has 0 saturated carbocycles. The van der Waals surface area contributed by atoms with Crippen molar-refractivity contribution in [3.8, 4) is 0 Å². The fourth-order valence-electron chi connectivity index (χ4n) is 1.50. The fourth-order valence-corrected chi connectivity index (χ4v) is 2.81. The van der Waals surface area contributed by atoms with Crippen molar-refractivity contribution in [2.75, 3.05) is 11.5 Å². The van der Waals surface area contributed by atoms with Crippen LogP contribution in [0.5, 0.6) is 0 Å². The smallest absolute Gasteiger partial charge is 0.0249 e. The summed E-state index contributed by atoms with van der Waals surface area (Å²) >= 11 is 0. The molecule has 16 heavy (non-hydrogen) atoms. The highest BCUT2D eigenvalue weighted by Gasteiger charge is 2.02. The van der Waals surface area contributed by atoms with Crippen LogP contribution in [0.3, 0.4) is 0 Å². The zero-order chi connectivity index (χ0) is 11.8. The third kappa shape index (κ3) is 6.03. The SMILES string of the molecule is CC(N)CCS(=O)CCCc1ccccc1. The van der Waals surface area contributed by atoms with Gasteiger partial charge in [0.05, 0.1) is 0 Å². The second-order valence-corrected chi connectivity index (χ2v) is 5.90.